The maximum atomic E-state index is 5.79. The lowest BCUT2D eigenvalue weighted by Gasteiger charge is -2.04. The van der Waals surface area contributed by atoms with Crippen LogP contribution in [0.15, 0.2) is 6.07 Å². The van der Waals surface area contributed by atoms with E-state index in [1.54, 1.807) is 13.1 Å². The molecule has 0 radical (unpaired) electrons. The Hall–Kier alpha value is -0.470. The molecule has 2 nitrogen and oxygen atoms in total. The quantitative estimate of drug-likeness (QED) is 0.738. The van der Waals surface area contributed by atoms with Gasteiger partial charge in [0.15, 0.2) is 0 Å². The van der Waals surface area contributed by atoms with Crippen LogP contribution < -0.4 is 5.32 Å². The molecule has 4 heteroatoms. The molecule has 1 N–H and O–H groups in total. The van der Waals surface area contributed by atoms with E-state index in [1.807, 2.05) is 6.92 Å². The van der Waals surface area contributed by atoms with E-state index in [-0.39, 0.29) is 0 Å². The van der Waals surface area contributed by atoms with Gasteiger partial charge in [0.25, 0.3) is 0 Å². The first-order chi connectivity index (χ1) is 5.15. The highest BCUT2D eigenvalue weighted by atomic mass is 35.5. The van der Waals surface area contributed by atoms with Crippen molar-refractivity contribution >= 4 is 29.0 Å². The molecule has 0 aliphatic rings. The summed E-state index contributed by atoms with van der Waals surface area (Å²) in [5, 5.41) is 4.00. The fourth-order valence-electron chi connectivity index (χ4n) is 0.734. The third-order valence-electron chi connectivity index (χ3n) is 1.34. The zero-order valence-electron chi connectivity index (χ0n) is 6.28. The van der Waals surface area contributed by atoms with E-state index in [4.69, 9.17) is 23.2 Å². The number of nitrogens with zero attached hydrogens (tertiary/aromatic N) is 1. The van der Waals surface area contributed by atoms with E-state index in [0.29, 0.717) is 15.9 Å². The highest BCUT2D eigenvalue weighted by Crippen LogP contribution is 2.24. The van der Waals surface area contributed by atoms with Crippen molar-refractivity contribution in [1.29, 1.82) is 0 Å². The number of hydrogen-bond donors (Lipinski definition) is 1. The number of halogens is 2. The lowest BCUT2D eigenvalue weighted by atomic mass is 10.3. The number of pyridine rings is 1. The van der Waals surface area contributed by atoms with Crippen LogP contribution in [0.4, 0.5) is 5.82 Å². The molecule has 0 unspecified atom stereocenters. The summed E-state index contributed by atoms with van der Waals surface area (Å²) in [5.74, 6) is 0.661. The van der Waals surface area contributed by atoms with Crippen LogP contribution in [0.5, 0.6) is 0 Å². The minimum Gasteiger partial charge on any atom is -0.372 e. The lowest BCUT2D eigenvalue weighted by Crippen LogP contribution is -1.95. The topological polar surface area (TPSA) is 24.9 Å². The summed E-state index contributed by atoms with van der Waals surface area (Å²) in [6.07, 6.45) is 0. The molecule has 0 saturated carbocycles. The van der Waals surface area contributed by atoms with Crippen molar-refractivity contribution in [2.24, 2.45) is 0 Å². The van der Waals surface area contributed by atoms with Gasteiger partial charge in [0.05, 0.1) is 15.7 Å². The summed E-state index contributed by atoms with van der Waals surface area (Å²) < 4.78 is 0. The Morgan fingerprint density at radius 3 is 2.55 bits per heavy atom. The van der Waals surface area contributed by atoms with E-state index in [2.05, 4.69) is 10.3 Å². The SMILES string of the molecule is CNc1nc(C)c(Cl)cc1Cl. The van der Waals surface area contributed by atoms with Crippen molar-refractivity contribution in [2.75, 3.05) is 12.4 Å². The summed E-state index contributed by atoms with van der Waals surface area (Å²) in [5.41, 5.74) is 0.778. The fraction of sp³-hybridized carbons (Fsp3) is 0.286. The maximum Gasteiger partial charge on any atom is 0.144 e. The number of aromatic nitrogens is 1. The average molecular weight is 191 g/mol. The third-order valence-corrected chi connectivity index (χ3v) is 2.01. The van der Waals surface area contributed by atoms with E-state index in [9.17, 15) is 0 Å². The molecule has 0 aliphatic heterocycles. The summed E-state index contributed by atoms with van der Waals surface area (Å²) in [6.45, 7) is 1.83. The summed E-state index contributed by atoms with van der Waals surface area (Å²) >= 11 is 11.6. The van der Waals surface area contributed by atoms with E-state index >= 15 is 0 Å². The Balaban J connectivity index is 3.21. The van der Waals surface area contributed by atoms with Crippen LogP contribution in [0, 0.1) is 6.92 Å². The van der Waals surface area contributed by atoms with E-state index in [0.717, 1.165) is 5.69 Å². The molecule has 11 heavy (non-hydrogen) atoms. The number of rotatable bonds is 1. The van der Waals surface area contributed by atoms with Crippen LogP contribution in [0.1, 0.15) is 5.69 Å². The Kier molecular flexibility index (Phi) is 2.58. The summed E-state index contributed by atoms with van der Waals surface area (Å²) in [4.78, 5) is 4.12. The molecule has 0 atom stereocenters. The second-order valence-corrected chi connectivity index (χ2v) is 2.95. The Labute approximate surface area is 75.5 Å². The molecule has 0 saturated heterocycles. The average Bonchev–Trinajstić information content (AvgIpc) is 1.97. The second kappa shape index (κ2) is 3.28. The van der Waals surface area contributed by atoms with Crippen molar-refractivity contribution in [2.45, 2.75) is 6.92 Å². The first-order valence-electron chi connectivity index (χ1n) is 3.15. The lowest BCUT2D eigenvalue weighted by molar-refractivity contribution is 1.19. The zero-order valence-corrected chi connectivity index (χ0v) is 7.79. The van der Waals surface area contributed by atoms with E-state index < -0.39 is 0 Å². The molecule has 0 bridgehead atoms. The first-order valence-corrected chi connectivity index (χ1v) is 3.91. The molecule has 1 rings (SSSR count). The van der Waals surface area contributed by atoms with Gasteiger partial charge >= 0.3 is 0 Å². The van der Waals surface area contributed by atoms with Gasteiger partial charge in [-0.1, -0.05) is 23.2 Å². The van der Waals surface area contributed by atoms with Crippen LogP contribution in [-0.4, -0.2) is 12.0 Å². The fourth-order valence-corrected chi connectivity index (χ4v) is 1.19. The van der Waals surface area contributed by atoms with Crippen molar-refractivity contribution in [3.8, 4) is 0 Å². The molecule has 60 valence electrons. The molecule has 0 fully saturated rings. The standard InChI is InChI=1S/C7H8Cl2N2/c1-4-5(8)3-6(9)7(10-2)11-4/h3H,1-2H3,(H,10,11). The van der Waals surface area contributed by atoms with Crippen molar-refractivity contribution < 1.29 is 0 Å². The molecule has 1 aromatic heterocycles. The summed E-state index contributed by atoms with van der Waals surface area (Å²) in [6, 6.07) is 1.68. The van der Waals surface area contributed by atoms with Gasteiger partial charge in [0, 0.05) is 7.05 Å². The smallest absolute Gasteiger partial charge is 0.144 e. The normalized spacial score (nSPS) is 9.82. The monoisotopic (exact) mass is 190 g/mol. The van der Waals surface area contributed by atoms with Gasteiger partial charge in [-0.3, -0.25) is 0 Å². The third kappa shape index (κ3) is 1.76. The van der Waals surface area contributed by atoms with Crippen LogP contribution in [-0.2, 0) is 0 Å². The molecule has 0 aliphatic carbocycles. The van der Waals surface area contributed by atoms with Gasteiger partial charge in [0.1, 0.15) is 5.82 Å². The number of aryl methyl sites for hydroxylation is 1. The first kappa shape index (κ1) is 8.62. The van der Waals surface area contributed by atoms with Gasteiger partial charge in [-0.15, -0.1) is 0 Å². The van der Waals surface area contributed by atoms with Crippen LogP contribution in [0.3, 0.4) is 0 Å². The van der Waals surface area contributed by atoms with Crippen LogP contribution >= 0.6 is 23.2 Å². The minimum absolute atomic E-state index is 0.545. The largest absolute Gasteiger partial charge is 0.372 e. The van der Waals surface area contributed by atoms with E-state index in [1.165, 1.54) is 0 Å². The Bertz CT molecular complexity index is 273. The van der Waals surface area contributed by atoms with Crippen molar-refractivity contribution in [3.63, 3.8) is 0 Å². The molecular weight excluding hydrogens is 183 g/mol. The highest BCUT2D eigenvalue weighted by molar-refractivity contribution is 6.36. The van der Waals surface area contributed by atoms with Crippen LogP contribution in [0.25, 0.3) is 0 Å². The molecule has 0 amide bonds. The molecule has 0 aromatic carbocycles. The van der Waals surface area contributed by atoms with Gasteiger partial charge in [0.2, 0.25) is 0 Å². The minimum atomic E-state index is 0.545. The number of anilines is 1. The van der Waals surface area contributed by atoms with Gasteiger partial charge in [-0.25, -0.2) is 4.98 Å². The van der Waals surface area contributed by atoms with Crippen molar-refractivity contribution in [1.82, 2.24) is 4.98 Å². The van der Waals surface area contributed by atoms with Crippen molar-refractivity contribution in [3.05, 3.63) is 21.8 Å². The number of nitrogens with one attached hydrogen (secondary N) is 1. The maximum absolute atomic E-state index is 5.79. The summed E-state index contributed by atoms with van der Waals surface area (Å²) in [7, 11) is 1.77. The molecule has 1 aromatic rings. The van der Waals surface area contributed by atoms with Gasteiger partial charge in [-0.2, -0.15) is 0 Å². The number of hydrogen-bond acceptors (Lipinski definition) is 2. The molecular formula is C7H8Cl2N2. The van der Waals surface area contributed by atoms with Gasteiger partial charge in [-0.05, 0) is 13.0 Å². The van der Waals surface area contributed by atoms with Gasteiger partial charge < -0.3 is 5.32 Å². The zero-order chi connectivity index (χ0) is 8.43. The Morgan fingerprint density at radius 1 is 1.36 bits per heavy atom. The highest BCUT2D eigenvalue weighted by Gasteiger charge is 2.03. The molecule has 1 heterocycles. The molecule has 0 spiro atoms. The Morgan fingerprint density at radius 2 is 2.00 bits per heavy atom. The van der Waals surface area contributed by atoms with Crippen LogP contribution in [0.2, 0.25) is 10.0 Å². The second-order valence-electron chi connectivity index (χ2n) is 2.14. The predicted molar refractivity (Wildman–Crippen MR) is 48.5 cm³/mol. The predicted octanol–water partition coefficient (Wildman–Crippen LogP) is 2.74.